The zero-order valence-electron chi connectivity index (χ0n) is 11.9. The molecule has 2 nitrogen and oxygen atoms in total. The van der Waals surface area contributed by atoms with Crippen LogP contribution in [-0.4, -0.2) is 13.2 Å². The van der Waals surface area contributed by atoms with Crippen molar-refractivity contribution in [3.63, 3.8) is 0 Å². The van der Waals surface area contributed by atoms with Gasteiger partial charge >= 0.3 is 0 Å². The molecule has 0 aliphatic heterocycles. The van der Waals surface area contributed by atoms with Crippen molar-refractivity contribution in [2.75, 3.05) is 13.2 Å². The van der Waals surface area contributed by atoms with Gasteiger partial charge in [0.2, 0.25) is 0 Å². The van der Waals surface area contributed by atoms with Gasteiger partial charge in [0.25, 0.3) is 0 Å². The summed E-state index contributed by atoms with van der Waals surface area (Å²) in [7, 11) is 0. The summed E-state index contributed by atoms with van der Waals surface area (Å²) in [5, 5.41) is 4.27. The quantitative estimate of drug-likeness (QED) is 0.791. The zero-order valence-corrected chi connectivity index (χ0v) is 13.4. The molecular formula is C16H20ClNOS. The van der Waals surface area contributed by atoms with E-state index in [1.807, 2.05) is 35.6 Å². The number of rotatable bonds is 7. The predicted molar refractivity (Wildman–Crippen MR) is 87.0 cm³/mol. The lowest BCUT2D eigenvalue weighted by Gasteiger charge is -2.18. The summed E-state index contributed by atoms with van der Waals surface area (Å²) in [5.74, 6) is 0.853. The van der Waals surface area contributed by atoms with Crippen LogP contribution in [0, 0.1) is 6.92 Å². The van der Waals surface area contributed by atoms with Gasteiger partial charge in [0.1, 0.15) is 12.4 Å². The van der Waals surface area contributed by atoms with Crippen molar-refractivity contribution >= 4 is 22.9 Å². The van der Waals surface area contributed by atoms with Crippen molar-refractivity contribution in [2.45, 2.75) is 26.3 Å². The van der Waals surface area contributed by atoms with Gasteiger partial charge in [-0.25, -0.2) is 0 Å². The minimum atomic E-state index is 0.240. The summed E-state index contributed by atoms with van der Waals surface area (Å²) < 4.78 is 5.87. The summed E-state index contributed by atoms with van der Waals surface area (Å²) in [6.45, 7) is 5.92. The number of aryl methyl sites for hydroxylation is 1. The number of ether oxygens (including phenoxy) is 1. The van der Waals surface area contributed by atoms with Crippen molar-refractivity contribution in [1.29, 1.82) is 0 Å². The largest absolute Gasteiger partial charge is 0.492 e. The van der Waals surface area contributed by atoms with E-state index in [9.17, 15) is 0 Å². The molecule has 0 bridgehead atoms. The van der Waals surface area contributed by atoms with Crippen LogP contribution in [0.25, 0.3) is 0 Å². The minimum Gasteiger partial charge on any atom is -0.492 e. The van der Waals surface area contributed by atoms with Crippen molar-refractivity contribution in [1.82, 2.24) is 5.32 Å². The molecule has 0 radical (unpaired) electrons. The molecule has 0 aliphatic carbocycles. The maximum atomic E-state index is 5.88. The first-order chi connectivity index (χ1) is 9.69. The first kappa shape index (κ1) is 15.4. The molecule has 0 aliphatic rings. The van der Waals surface area contributed by atoms with Gasteiger partial charge < -0.3 is 10.1 Å². The predicted octanol–water partition coefficient (Wildman–Crippen LogP) is 4.83. The van der Waals surface area contributed by atoms with Gasteiger partial charge in [0.05, 0.1) is 6.04 Å². The fraction of sp³-hybridized carbons (Fsp3) is 0.375. The zero-order chi connectivity index (χ0) is 14.4. The maximum absolute atomic E-state index is 5.88. The molecule has 1 aromatic carbocycles. The second kappa shape index (κ2) is 7.67. The van der Waals surface area contributed by atoms with Gasteiger partial charge in [0.15, 0.2) is 0 Å². The minimum absolute atomic E-state index is 0.240. The topological polar surface area (TPSA) is 21.3 Å². The van der Waals surface area contributed by atoms with Crippen LogP contribution in [0.3, 0.4) is 0 Å². The van der Waals surface area contributed by atoms with Gasteiger partial charge in [-0.2, -0.15) is 0 Å². The Morgan fingerprint density at radius 1 is 1.20 bits per heavy atom. The number of hydrogen-bond donors (Lipinski definition) is 1. The molecule has 1 atom stereocenters. The Labute approximate surface area is 129 Å². The molecule has 1 unspecified atom stereocenters. The maximum Gasteiger partial charge on any atom is 0.119 e. The van der Waals surface area contributed by atoms with Crippen molar-refractivity contribution < 1.29 is 4.74 Å². The second-order valence-electron chi connectivity index (χ2n) is 4.72. The van der Waals surface area contributed by atoms with Gasteiger partial charge in [-0.3, -0.25) is 0 Å². The van der Waals surface area contributed by atoms with Crippen LogP contribution in [0.5, 0.6) is 5.75 Å². The lowest BCUT2D eigenvalue weighted by molar-refractivity contribution is 0.268. The highest BCUT2D eigenvalue weighted by molar-refractivity contribution is 7.12. The number of thiophene rings is 1. The van der Waals surface area contributed by atoms with Crippen LogP contribution in [-0.2, 0) is 0 Å². The Hall–Kier alpha value is -1.03. The second-order valence-corrected chi connectivity index (χ2v) is 6.48. The van der Waals surface area contributed by atoms with Crippen LogP contribution in [0.15, 0.2) is 36.4 Å². The van der Waals surface area contributed by atoms with Gasteiger partial charge in [0, 0.05) is 14.8 Å². The normalized spacial score (nSPS) is 12.3. The molecule has 2 aromatic rings. The summed E-state index contributed by atoms with van der Waals surface area (Å²) in [6, 6.07) is 12.1. The fourth-order valence-corrected chi connectivity index (χ4v) is 2.97. The first-order valence-corrected chi connectivity index (χ1v) is 8.06. The van der Waals surface area contributed by atoms with E-state index in [4.69, 9.17) is 16.3 Å². The Morgan fingerprint density at radius 2 is 1.95 bits per heavy atom. The molecule has 0 amide bonds. The van der Waals surface area contributed by atoms with E-state index in [1.165, 1.54) is 9.75 Å². The SMILES string of the molecule is CCCNC(COc1ccc(Cl)cc1)c1ccc(C)s1. The number of halogens is 1. The Kier molecular flexibility index (Phi) is 5.89. The molecule has 20 heavy (non-hydrogen) atoms. The molecule has 1 N–H and O–H groups in total. The summed E-state index contributed by atoms with van der Waals surface area (Å²) in [6.07, 6.45) is 1.11. The van der Waals surface area contributed by atoms with E-state index in [1.54, 1.807) is 0 Å². The number of hydrogen-bond acceptors (Lipinski definition) is 3. The first-order valence-electron chi connectivity index (χ1n) is 6.87. The Balaban J connectivity index is 1.98. The molecule has 0 spiro atoms. The van der Waals surface area contributed by atoms with E-state index >= 15 is 0 Å². The third kappa shape index (κ3) is 4.51. The number of nitrogens with one attached hydrogen (secondary N) is 1. The number of benzene rings is 1. The Morgan fingerprint density at radius 3 is 2.55 bits per heavy atom. The van der Waals surface area contributed by atoms with E-state index in [2.05, 4.69) is 31.3 Å². The van der Waals surface area contributed by atoms with Crippen molar-refractivity contribution in [3.8, 4) is 5.75 Å². The summed E-state index contributed by atoms with van der Waals surface area (Å²) in [5.41, 5.74) is 0. The lowest BCUT2D eigenvalue weighted by atomic mass is 10.2. The van der Waals surface area contributed by atoms with Crippen molar-refractivity contribution in [2.24, 2.45) is 0 Å². The highest BCUT2D eigenvalue weighted by Crippen LogP contribution is 2.24. The summed E-state index contributed by atoms with van der Waals surface area (Å²) >= 11 is 7.70. The molecule has 4 heteroatoms. The molecule has 1 heterocycles. The molecular weight excluding hydrogens is 290 g/mol. The third-order valence-corrected chi connectivity index (χ3v) is 4.34. The molecule has 2 rings (SSSR count). The van der Waals surface area contributed by atoms with Crippen LogP contribution in [0.2, 0.25) is 5.02 Å². The molecule has 0 saturated carbocycles. The summed E-state index contributed by atoms with van der Waals surface area (Å²) in [4.78, 5) is 2.65. The van der Waals surface area contributed by atoms with E-state index in [0.29, 0.717) is 6.61 Å². The Bertz CT molecular complexity index is 524. The van der Waals surface area contributed by atoms with Crippen LogP contribution >= 0.6 is 22.9 Å². The fourth-order valence-electron chi connectivity index (χ4n) is 1.91. The van der Waals surface area contributed by atoms with Gasteiger partial charge in [-0.1, -0.05) is 18.5 Å². The van der Waals surface area contributed by atoms with Gasteiger partial charge in [-0.15, -0.1) is 11.3 Å². The highest BCUT2D eigenvalue weighted by Gasteiger charge is 2.13. The average Bonchev–Trinajstić information content (AvgIpc) is 2.87. The monoisotopic (exact) mass is 309 g/mol. The van der Waals surface area contributed by atoms with Crippen LogP contribution < -0.4 is 10.1 Å². The highest BCUT2D eigenvalue weighted by atomic mass is 35.5. The van der Waals surface area contributed by atoms with E-state index in [0.717, 1.165) is 23.7 Å². The lowest BCUT2D eigenvalue weighted by Crippen LogP contribution is -2.26. The van der Waals surface area contributed by atoms with E-state index < -0.39 is 0 Å². The van der Waals surface area contributed by atoms with E-state index in [-0.39, 0.29) is 6.04 Å². The van der Waals surface area contributed by atoms with Crippen LogP contribution in [0.4, 0.5) is 0 Å². The smallest absolute Gasteiger partial charge is 0.119 e. The molecule has 0 saturated heterocycles. The van der Waals surface area contributed by atoms with Crippen LogP contribution in [0.1, 0.15) is 29.1 Å². The molecule has 0 fully saturated rings. The van der Waals surface area contributed by atoms with Gasteiger partial charge in [-0.05, 0) is 56.3 Å². The average molecular weight is 310 g/mol. The molecule has 1 aromatic heterocycles. The van der Waals surface area contributed by atoms with Crippen molar-refractivity contribution in [3.05, 3.63) is 51.2 Å². The third-order valence-electron chi connectivity index (χ3n) is 2.98. The standard InChI is InChI=1S/C16H20ClNOS/c1-3-10-18-15(16-9-4-12(2)20-16)11-19-14-7-5-13(17)6-8-14/h4-9,15,18H,3,10-11H2,1-2H3. The molecule has 108 valence electrons.